The van der Waals surface area contributed by atoms with E-state index >= 15 is 0 Å². The molecule has 1 heterocycles. The van der Waals surface area contributed by atoms with E-state index in [0.717, 1.165) is 4.88 Å². The van der Waals surface area contributed by atoms with Gasteiger partial charge in [-0.15, -0.1) is 11.3 Å². The lowest BCUT2D eigenvalue weighted by atomic mass is 10.0. The SMILES string of the molecule is CC(C)CC(NCc1cncs1)C(=O)O. The molecule has 0 radical (unpaired) electrons. The van der Waals surface area contributed by atoms with Crippen LogP contribution in [0.25, 0.3) is 0 Å². The quantitative estimate of drug-likeness (QED) is 0.778. The fourth-order valence-electron chi connectivity index (χ4n) is 1.30. The minimum atomic E-state index is -0.784. The fraction of sp³-hybridized carbons (Fsp3) is 0.600. The molecule has 2 N–H and O–H groups in total. The van der Waals surface area contributed by atoms with E-state index in [2.05, 4.69) is 10.3 Å². The minimum Gasteiger partial charge on any atom is -0.480 e. The molecule has 0 spiro atoms. The highest BCUT2D eigenvalue weighted by Crippen LogP contribution is 2.08. The van der Waals surface area contributed by atoms with Crippen molar-refractivity contribution in [2.45, 2.75) is 32.9 Å². The summed E-state index contributed by atoms with van der Waals surface area (Å²) in [6.07, 6.45) is 2.40. The summed E-state index contributed by atoms with van der Waals surface area (Å²) in [5.74, 6) is -0.409. The summed E-state index contributed by atoms with van der Waals surface area (Å²) in [5.41, 5.74) is 1.75. The van der Waals surface area contributed by atoms with Crippen LogP contribution < -0.4 is 5.32 Å². The van der Waals surface area contributed by atoms with Crippen molar-refractivity contribution in [1.29, 1.82) is 0 Å². The zero-order chi connectivity index (χ0) is 11.3. The molecule has 1 atom stereocenters. The van der Waals surface area contributed by atoms with E-state index in [1.54, 1.807) is 11.7 Å². The Balaban J connectivity index is 2.41. The molecule has 0 saturated carbocycles. The lowest BCUT2D eigenvalue weighted by Gasteiger charge is -2.15. The highest BCUT2D eigenvalue weighted by Gasteiger charge is 2.17. The van der Waals surface area contributed by atoms with Crippen molar-refractivity contribution < 1.29 is 9.90 Å². The lowest BCUT2D eigenvalue weighted by Crippen LogP contribution is -2.37. The first kappa shape index (κ1) is 12.1. The number of thiazole rings is 1. The Hall–Kier alpha value is -0.940. The van der Waals surface area contributed by atoms with E-state index in [4.69, 9.17) is 5.11 Å². The van der Waals surface area contributed by atoms with Crippen molar-refractivity contribution in [2.75, 3.05) is 0 Å². The molecule has 84 valence electrons. The van der Waals surface area contributed by atoms with E-state index < -0.39 is 12.0 Å². The molecule has 1 rings (SSSR count). The van der Waals surface area contributed by atoms with Gasteiger partial charge in [0.25, 0.3) is 0 Å². The van der Waals surface area contributed by atoms with Crippen molar-refractivity contribution in [3.63, 3.8) is 0 Å². The second-order valence-electron chi connectivity index (χ2n) is 3.87. The van der Waals surface area contributed by atoms with Gasteiger partial charge in [-0.25, -0.2) is 0 Å². The van der Waals surface area contributed by atoms with Crippen LogP contribution in [0, 0.1) is 5.92 Å². The first-order chi connectivity index (χ1) is 7.09. The summed E-state index contributed by atoms with van der Waals surface area (Å²) in [6, 6.07) is -0.466. The summed E-state index contributed by atoms with van der Waals surface area (Å²) < 4.78 is 0. The van der Waals surface area contributed by atoms with Gasteiger partial charge in [-0.2, -0.15) is 0 Å². The maximum atomic E-state index is 10.9. The molecule has 0 amide bonds. The average molecular weight is 228 g/mol. The number of hydrogen-bond donors (Lipinski definition) is 2. The molecule has 5 heteroatoms. The summed E-state index contributed by atoms with van der Waals surface area (Å²) in [4.78, 5) is 15.9. The van der Waals surface area contributed by atoms with Crippen molar-refractivity contribution in [2.24, 2.45) is 5.92 Å². The number of aliphatic carboxylic acids is 1. The van der Waals surface area contributed by atoms with Gasteiger partial charge in [0.15, 0.2) is 0 Å². The van der Waals surface area contributed by atoms with Crippen molar-refractivity contribution in [3.05, 3.63) is 16.6 Å². The Labute approximate surface area is 93.4 Å². The standard InChI is InChI=1S/C10H16N2O2S/c1-7(2)3-9(10(13)14)12-5-8-4-11-6-15-8/h4,6-7,9,12H,3,5H2,1-2H3,(H,13,14). The largest absolute Gasteiger partial charge is 0.480 e. The van der Waals surface area contributed by atoms with Crippen molar-refractivity contribution in [1.82, 2.24) is 10.3 Å². The molecule has 15 heavy (non-hydrogen) atoms. The smallest absolute Gasteiger partial charge is 0.320 e. The Morgan fingerprint density at radius 3 is 2.87 bits per heavy atom. The number of nitrogens with zero attached hydrogens (tertiary/aromatic N) is 1. The van der Waals surface area contributed by atoms with Crippen LogP contribution in [0.1, 0.15) is 25.1 Å². The van der Waals surface area contributed by atoms with E-state index in [1.165, 1.54) is 11.3 Å². The van der Waals surface area contributed by atoms with Crippen molar-refractivity contribution in [3.8, 4) is 0 Å². The number of nitrogens with one attached hydrogen (secondary N) is 1. The molecule has 1 aromatic rings. The van der Waals surface area contributed by atoms with E-state index in [9.17, 15) is 4.79 Å². The highest BCUT2D eigenvalue weighted by atomic mass is 32.1. The molecule has 0 saturated heterocycles. The highest BCUT2D eigenvalue weighted by molar-refractivity contribution is 7.09. The lowest BCUT2D eigenvalue weighted by molar-refractivity contribution is -0.139. The summed E-state index contributed by atoms with van der Waals surface area (Å²) in [5, 5.41) is 12.0. The second-order valence-corrected chi connectivity index (χ2v) is 4.84. The fourth-order valence-corrected chi connectivity index (χ4v) is 1.84. The molecule has 0 aromatic carbocycles. The Morgan fingerprint density at radius 1 is 1.67 bits per heavy atom. The molecule has 0 aliphatic rings. The topological polar surface area (TPSA) is 62.2 Å². The number of carboxylic acid groups (broad SMARTS) is 1. The van der Waals surface area contributed by atoms with Gasteiger partial charge in [-0.1, -0.05) is 13.8 Å². The number of rotatable bonds is 6. The normalized spacial score (nSPS) is 13.0. The van der Waals surface area contributed by atoms with Crippen LogP contribution in [-0.4, -0.2) is 22.1 Å². The van der Waals surface area contributed by atoms with Gasteiger partial charge in [0.2, 0.25) is 0 Å². The number of carbonyl (C=O) groups is 1. The average Bonchev–Trinajstić information content (AvgIpc) is 2.63. The maximum absolute atomic E-state index is 10.9. The second kappa shape index (κ2) is 5.82. The molecular formula is C10H16N2O2S. The third-order valence-corrected chi connectivity index (χ3v) is 2.79. The van der Waals surface area contributed by atoms with Crippen LogP contribution in [0.3, 0.4) is 0 Å². The molecule has 1 unspecified atom stereocenters. The molecule has 0 aliphatic heterocycles. The number of carboxylic acids is 1. The molecule has 0 aliphatic carbocycles. The number of aromatic nitrogens is 1. The molecule has 0 bridgehead atoms. The minimum absolute atomic E-state index is 0.375. The zero-order valence-electron chi connectivity index (χ0n) is 8.93. The van der Waals surface area contributed by atoms with E-state index in [0.29, 0.717) is 18.9 Å². The van der Waals surface area contributed by atoms with Crippen molar-refractivity contribution >= 4 is 17.3 Å². The first-order valence-electron chi connectivity index (χ1n) is 4.93. The monoisotopic (exact) mass is 228 g/mol. The van der Waals surface area contributed by atoms with Gasteiger partial charge < -0.3 is 5.11 Å². The van der Waals surface area contributed by atoms with Crippen LogP contribution in [-0.2, 0) is 11.3 Å². The van der Waals surface area contributed by atoms with Crippen LogP contribution in [0.2, 0.25) is 0 Å². The van der Waals surface area contributed by atoms with Gasteiger partial charge in [0.05, 0.1) is 5.51 Å². The van der Waals surface area contributed by atoms with Crippen LogP contribution in [0.15, 0.2) is 11.7 Å². The summed E-state index contributed by atoms with van der Waals surface area (Å²) in [6.45, 7) is 4.61. The third-order valence-electron chi connectivity index (χ3n) is 2.01. The molecule has 0 fully saturated rings. The predicted molar refractivity (Wildman–Crippen MR) is 59.8 cm³/mol. The predicted octanol–water partition coefficient (Wildman–Crippen LogP) is 1.73. The Kier molecular flexibility index (Phi) is 4.71. The van der Waals surface area contributed by atoms with Gasteiger partial charge in [0, 0.05) is 17.6 Å². The molecule has 4 nitrogen and oxygen atoms in total. The molecular weight excluding hydrogens is 212 g/mol. The Bertz CT molecular complexity index is 298. The van der Waals surface area contributed by atoms with Gasteiger partial charge in [0.1, 0.15) is 6.04 Å². The summed E-state index contributed by atoms with van der Waals surface area (Å²) >= 11 is 1.53. The Morgan fingerprint density at radius 2 is 2.40 bits per heavy atom. The maximum Gasteiger partial charge on any atom is 0.320 e. The number of hydrogen-bond acceptors (Lipinski definition) is 4. The van der Waals surface area contributed by atoms with E-state index in [1.807, 2.05) is 13.8 Å². The third kappa shape index (κ3) is 4.40. The van der Waals surface area contributed by atoms with E-state index in [-0.39, 0.29) is 0 Å². The van der Waals surface area contributed by atoms with Crippen LogP contribution in [0.4, 0.5) is 0 Å². The van der Waals surface area contributed by atoms with Gasteiger partial charge in [-0.3, -0.25) is 15.1 Å². The zero-order valence-corrected chi connectivity index (χ0v) is 9.75. The summed E-state index contributed by atoms with van der Waals surface area (Å²) in [7, 11) is 0. The van der Waals surface area contributed by atoms with Gasteiger partial charge >= 0.3 is 5.97 Å². The van der Waals surface area contributed by atoms with Gasteiger partial charge in [-0.05, 0) is 12.3 Å². The molecule has 1 aromatic heterocycles. The van der Waals surface area contributed by atoms with Crippen LogP contribution >= 0.6 is 11.3 Å². The first-order valence-corrected chi connectivity index (χ1v) is 5.81. The van der Waals surface area contributed by atoms with Crippen LogP contribution in [0.5, 0.6) is 0 Å².